The van der Waals surface area contributed by atoms with E-state index in [4.69, 9.17) is 9.47 Å². The monoisotopic (exact) mass is 186 g/mol. The molecule has 0 saturated carbocycles. The maximum absolute atomic E-state index is 5.38. The van der Waals surface area contributed by atoms with Gasteiger partial charge >= 0.3 is 0 Å². The van der Waals surface area contributed by atoms with Crippen LogP contribution in [0, 0.1) is 0 Å². The highest BCUT2D eigenvalue weighted by Gasteiger charge is 2.44. The van der Waals surface area contributed by atoms with Crippen LogP contribution >= 0.6 is 0 Å². The van der Waals surface area contributed by atoms with Gasteiger partial charge in [0, 0.05) is 14.2 Å². The van der Waals surface area contributed by atoms with Gasteiger partial charge in [0.2, 0.25) is 5.53 Å². The summed E-state index contributed by atoms with van der Waals surface area (Å²) in [5.74, 6) is 0. The Kier molecular flexibility index (Phi) is 3.46. The van der Waals surface area contributed by atoms with Crippen molar-refractivity contribution in [3.63, 3.8) is 0 Å². The lowest BCUT2D eigenvalue weighted by molar-refractivity contribution is -0.162. The summed E-state index contributed by atoms with van der Waals surface area (Å²) in [6.45, 7) is 4.73. The van der Waals surface area contributed by atoms with Crippen LogP contribution in [0.2, 0.25) is 12.1 Å². The van der Waals surface area contributed by atoms with Crippen LogP contribution in [-0.4, -0.2) is 35.1 Å². The summed E-state index contributed by atoms with van der Waals surface area (Å²) in [7, 11) is 2.74. The zero-order chi connectivity index (χ0) is 9.03. The number of hydrogen-bond donors (Lipinski definition) is 1. The van der Waals surface area contributed by atoms with Gasteiger partial charge in [0.05, 0.1) is 0 Å². The minimum Gasteiger partial charge on any atom is -0.345 e. The summed E-state index contributed by atoms with van der Waals surface area (Å²) in [5.41, 5.74) is -0.473. The van der Waals surface area contributed by atoms with E-state index < -0.39 is 14.3 Å². The third-order valence-corrected chi connectivity index (χ3v) is 5.37. The van der Waals surface area contributed by atoms with Gasteiger partial charge in [-0.25, -0.2) is 0 Å². The number of allylic oxidation sites excluding steroid dienone is 1. The molecule has 0 spiro atoms. The molecular formula is C8H16NO2Si. The first-order valence-corrected chi connectivity index (χ1v) is 6.02. The summed E-state index contributed by atoms with van der Waals surface area (Å²) < 4.78 is 10.8. The number of hydrogen-bond acceptors (Lipinski definition) is 3. The van der Waals surface area contributed by atoms with E-state index in [-0.39, 0.29) is 0 Å². The lowest BCUT2D eigenvalue weighted by Gasteiger charge is -2.31. The maximum atomic E-state index is 5.38. The summed E-state index contributed by atoms with van der Waals surface area (Å²) in [4.78, 5) is 0. The molecule has 0 aromatic carbocycles. The summed E-state index contributed by atoms with van der Waals surface area (Å²) in [6, 6.07) is 2.21. The summed E-state index contributed by atoms with van der Waals surface area (Å²) >= 11 is 0. The molecule has 4 heteroatoms. The largest absolute Gasteiger partial charge is 0.345 e. The van der Waals surface area contributed by atoms with E-state index in [1.807, 2.05) is 6.08 Å². The van der Waals surface area contributed by atoms with Crippen LogP contribution in [0.5, 0.6) is 0 Å². The molecule has 1 saturated heterocycles. The van der Waals surface area contributed by atoms with E-state index in [9.17, 15) is 0 Å². The van der Waals surface area contributed by atoms with Gasteiger partial charge in [-0.3, -0.25) is 5.32 Å². The Morgan fingerprint density at radius 1 is 1.58 bits per heavy atom. The lowest BCUT2D eigenvalue weighted by Crippen LogP contribution is -2.53. The van der Waals surface area contributed by atoms with E-state index in [0.29, 0.717) is 0 Å². The number of rotatable bonds is 4. The van der Waals surface area contributed by atoms with Crippen molar-refractivity contribution in [3.05, 3.63) is 12.7 Å². The Morgan fingerprint density at radius 3 is 2.75 bits per heavy atom. The predicted molar refractivity (Wildman–Crippen MR) is 50.3 cm³/mol. The molecule has 1 N–H and O–H groups in total. The number of nitrogens with one attached hydrogen (secondary N) is 1. The first kappa shape index (κ1) is 9.92. The van der Waals surface area contributed by atoms with Gasteiger partial charge in [0.25, 0.3) is 0 Å². The predicted octanol–water partition coefficient (Wildman–Crippen LogP) is 0.756. The lowest BCUT2D eigenvalue weighted by atomic mass is 10.7. The maximum Gasteiger partial charge on any atom is 0.202 e. The molecule has 69 valence electrons. The molecule has 0 aromatic heterocycles. The number of methoxy groups -OCH3 is 2. The van der Waals surface area contributed by atoms with Gasteiger partial charge in [-0.15, -0.1) is 6.58 Å². The van der Waals surface area contributed by atoms with Crippen LogP contribution in [-0.2, 0) is 9.47 Å². The van der Waals surface area contributed by atoms with Crippen molar-refractivity contribution in [2.75, 3.05) is 20.8 Å². The van der Waals surface area contributed by atoms with Crippen molar-refractivity contribution in [2.45, 2.75) is 17.6 Å². The SMILES string of the molecule is C=CC[Si]1CCNC1(OC)OC. The third-order valence-electron chi connectivity index (χ3n) is 2.22. The van der Waals surface area contributed by atoms with Crippen molar-refractivity contribution in [2.24, 2.45) is 0 Å². The highest BCUT2D eigenvalue weighted by molar-refractivity contribution is 6.62. The molecule has 1 aliphatic rings. The van der Waals surface area contributed by atoms with E-state index in [0.717, 1.165) is 12.6 Å². The quantitative estimate of drug-likeness (QED) is 0.399. The van der Waals surface area contributed by atoms with Crippen LogP contribution in [0.15, 0.2) is 12.7 Å². The van der Waals surface area contributed by atoms with E-state index in [1.165, 1.54) is 6.04 Å². The smallest absolute Gasteiger partial charge is 0.202 e. The Balaban J connectivity index is 2.64. The standard InChI is InChI=1S/C8H16NO2Si/c1-4-6-12-7-5-9-8(12,10-2)11-3/h4,9H,1,5-7H2,2-3H3. The molecule has 0 aliphatic carbocycles. The van der Waals surface area contributed by atoms with Crippen LogP contribution < -0.4 is 5.32 Å². The molecule has 12 heavy (non-hydrogen) atoms. The second-order valence-electron chi connectivity index (χ2n) is 2.80. The highest BCUT2D eigenvalue weighted by atomic mass is 28.3. The van der Waals surface area contributed by atoms with Crippen LogP contribution in [0.25, 0.3) is 0 Å². The topological polar surface area (TPSA) is 30.5 Å². The number of ether oxygens (including phenoxy) is 2. The van der Waals surface area contributed by atoms with Crippen molar-refractivity contribution in [1.29, 1.82) is 0 Å². The molecule has 1 aliphatic heterocycles. The van der Waals surface area contributed by atoms with E-state index >= 15 is 0 Å². The molecule has 1 radical (unpaired) electrons. The van der Waals surface area contributed by atoms with Gasteiger partial charge in [0.15, 0.2) is 8.80 Å². The Hall–Kier alpha value is -0.163. The molecule has 0 aromatic rings. The first-order chi connectivity index (χ1) is 5.79. The van der Waals surface area contributed by atoms with Gasteiger partial charge in [-0.05, 0) is 18.6 Å². The molecule has 1 fully saturated rings. The molecule has 1 heterocycles. The van der Waals surface area contributed by atoms with E-state index in [1.54, 1.807) is 14.2 Å². The Bertz CT molecular complexity index is 159. The van der Waals surface area contributed by atoms with Crippen molar-refractivity contribution in [3.8, 4) is 0 Å². The fraction of sp³-hybridized carbons (Fsp3) is 0.750. The second-order valence-corrected chi connectivity index (χ2v) is 5.57. The van der Waals surface area contributed by atoms with Gasteiger partial charge in [-0.2, -0.15) is 0 Å². The second kappa shape index (κ2) is 4.18. The zero-order valence-corrected chi connectivity index (χ0v) is 8.72. The normalized spacial score (nSPS) is 22.8. The molecule has 0 unspecified atom stereocenters. The fourth-order valence-corrected chi connectivity index (χ4v) is 4.12. The Labute approximate surface area is 75.4 Å². The average Bonchev–Trinajstić information content (AvgIpc) is 2.50. The average molecular weight is 186 g/mol. The molecular weight excluding hydrogens is 170 g/mol. The molecule has 0 amide bonds. The van der Waals surface area contributed by atoms with Crippen LogP contribution in [0.3, 0.4) is 0 Å². The van der Waals surface area contributed by atoms with Crippen LogP contribution in [0.4, 0.5) is 0 Å². The molecule has 3 nitrogen and oxygen atoms in total. The summed E-state index contributed by atoms with van der Waals surface area (Å²) in [5, 5.41) is 3.26. The summed E-state index contributed by atoms with van der Waals surface area (Å²) in [6.07, 6.45) is 1.95. The van der Waals surface area contributed by atoms with Crippen molar-refractivity contribution < 1.29 is 9.47 Å². The van der Waals surface area contributed by atoms with Crippen molar-refractivity contribution in [1.82, 2.24) is 5.32 Å². The minimum atomic E-state index is -0.636. The Morgan fingerprint density at radius 2 is 2.25 bits per heavy atom. The fourth-order valence-electron chi connectivity index (χ4n) is 1.59. The zero-order valence-electron chi connectivity index (χ0n) is 7.72. The molecule has 1 rings (SSSR count). The first-order valence-electron chi connectivity index (χ1n) is 4.10. The highest BCUT2D eigenvalue weighted by Crippen LogP contribution is 2.23. The van der Waals surface area contributed by atoms with Crippen LogP contribution in [0.1, 0.15) is 0 Å². The van der Waals surface area contributed by atoms with Crippen molar-refractivity contribution >= 4 is 8.80 Å². The van der Waals surface area contributed by atoms with Gasteiger partial charge in [0.1, 0.15) is 0 Å². The van der Waals surface area contributed by atoms with Gasteiger partial charge in [-0.1, -0.05) is 6.08 Å². The minimum absolute atomic E-state index is 0.473. The third kappa shape index (κ3) is 1.61. The van der Waals surface area contributed by atoms with Gasteiger partial charge < -0.3 is 9.47 Å². The molecule has 0 bridgehead atoms. The molecule has 0 atom stereocenters. The van der Waals surface area contributed by atoms with E-state index in [2.05, 4.69) is 11.9 Å².